The Morgan fingerprint density at radius 3 is 0.863 bits per heavy atom. The summed E-state index contributed by atoms with van der Waals surface area (Å²) in [6.45, 7) is 6.51. The molecule has 0 rings (SSSR count). The van der Waals surface area contributed by atoms with Gasteiger partial charge >= 0.3 is 17.9 Å². The molecule has 0 aliphatic rings. The fourth-order valence-corrected chi connectivity index (χ4v) is 8.69. The Morgan fingerprint density at radius 1 is 0.288 bits per heavy atom. The fraction of sp³-hybridized carbons (Fsp3) is 0.746. The van der Waals surface area contributed by atoms with Crippen LogP contribution in [-0.2, 0) is 28.6 Å². The van der Waals surface area contributed by atoms with Gasteiger partial charge in [0.2, 0.25) is 0 Å². The van der Waals surface area contributed by atoms with E-state index in [0.717, 1.165) is 109 Å². The molecule has 1 unspecified atom stereocenters. The van der Waals surface area contributed by atoms with Crippen molar-refractivity contribution in [3.63, 3.8) is 0 Å². The molecule has 0 N–H and O–H groups in total. The normalized spacial score (nSPS) is 12.6. The van der Waals surface area contributed by atoms with Crippen molar-refractivity contribution in [3.8, 4) is 0 Å². The molecule has 0 saturated heterocycles. The molecular weight excluding hydrogens is 901 g/mol. The van der Waals surface area contributed by atoms with Gasteiger partial charge in [-0.05, 0) is 116 Å². The van der Waals surface area contributed by atoms with Crippen LogP contribution in [0.5, 0.6) is 0 Å². The fourth-order valence-electron chi connectivity index (χ4n) is 8.69. The average Bonchev–Trinajstić information content (AvgIpc) is 3.39. The Morgan fingerprint density at radius 2 is 0.534 bits per heavy atom. The van der Waals surface area contributed by atoms with Gasteiger partial charge in [-0.25, -0.2) is 0 Å². The van der Waals surface area contributed by atoms with E-state index in [1.807, 2.05) is 0 Å². The van der Waals surface area contributed by atoms with E-state index >= 15 is 0 Å². The number of rotatable bonds is 56. The zero-order valence-corrected chi connectivity index (χ0v) is 48.1. The minimum absolute atomic E-state index is 0.0853. The summed E-state index contributed by atoms with van der Waals surface area (Å²) in [5, 5.41) is 0. The molecule has 6 heteroatoms. The molecule has 0 radical (unpaired) electrons. The van der Waals surface area contributed by atoms with Crippen molar-refractivity contribution in [2.45, 2.75) is 309 Å². The van der Waals surface area contributed by atoms with Crippen molar-refractivity contribution in [2.75, 3.05) is 13.2 Å². The zero-order chi connectivity index (χ0) is 52.9. The van der Waals surface area contributed by atoms with Gasteiger partial charge in [0, 0.05) is 19.3 Å². The first-order chi connectivity index (χ1) is 36.0. The molecule has 0 fully saturated rings. The first kappa shape index (κ1) is 69.6. The summed E-state index contributed by atoms with van der Waals surface area (Å²) >= 11 is 0. The van der Waals surface area contributed by atoms with Crippen LogP contribution in [0.15, 0.2) is 85.1 Å². The van der Waals surface area contributed by atoms with Crippen LogP contribution in [0.1, 0.15) is 303 Å². The summed E-state index contributed by atoms with van der Waals surface area (Å²) in [6.07, 6.45) is 80.1. The molecule has 0 aromatic heterocycles. The lowest BCUT2D eigenvalue weighted by atomic mass is 10.0. The molecule has 0 aromatic rings. The van der Waals surface area contributed by atoms with E-state index in [9.17, 15) is 14.4 Å². The molecule has 6 nitrogen and oxygen atoms in total. The van der Waals surface area contributed by atoms with Crippen LogP contribution in [-0.4, -0.2) is 37.2 Å². The van der Waals surface area contributed by atoms with Crippen LogP contribution in [0.3, 0.4) is 0 Å². The van der Waals surface area contributed by atoms with Crippen LogP contribution >= 0.6 is 0 Å². The highest BCUT2D eigenvalue weighted by Gasteiger charge is 2.19. The Hall–Kier alpha value is -3.41. The highest BCUT2D eigenvalue weighted by molar-refractivity contribution is 5.71. The number of esters is 3. The van der Waals surface area contributed by atoms with E-state index in [0.29, 0.717) is 19.3 Å². The lowest BCUT2D eigenvalue weighted by molar-refractivity contribution is -0.167. The molecule has 0 heterocycles. The SMILES string of the molecule is CC/C=C\C/C=C\C/C=C\C/C=C\CCCCCCCCC(=O)OC(COC(=O)CCCCCCC/C=C\CCCCCC)COC(=O)CCCCCCCCCCCCC/C=C\C/C=C\CCCCCCC. The maximum Gasteiger partial charge on any atom is 0.306 e. The van der Waals surface area contributed by atoms with Crippen molar-refractivity contribution >= 4 is 17.9 Å². The van der Waals surface area contributed by atoms with Crippen LogP contribution in [0.4, 0.5) is 0 Å². The molecule has 0 amide bonds. The van der Waals surface area contributed by atoms with Crippen LogP contribution in [0, 0.1) is 0 Å². The van der Waals surface area contributed by atoms with Crippen LogP contribution in [0.2, 0.25) is 0 Å². The van der Waals surface area contributed by atoms with Crippen molar-refractivity contribution in [1.29, 1.82) is 0 Å². The van der Waals surface area contributed by atoms with Gasteiger partial charge in [0.1, 0.15) is 13.2 Å². The monoisotopic (exact) mass is 1020 g/mol. The predicted molar refractivity (Wildman–Crippen MR) is 316 cm³/mol. The number of hydrogen-bond donors (Lipinski definition) is 0. The summed E-state index contributed by atoms with van der Waals surface area (Å²) in [5.41, 5.74) is 0. The van der Waals surface area contributed by atoms with Crippen LogP contribution in [0.25, 0.3) is 0 Å². The van der Waals surface area contributed by atoms with Gasteiger partial charge in [0.25, 0.3) is 0 Å². The molecule has 0 saturated carbocycles. The third-order valence-electron chi connectivity index (χ3n) is 13.4. The van der Waals surface area contributed by atoms with Gasteiger partial charge in [-0.1, -0.05) is 254 Å². The second kappa shape index (κ2) is 61.1. The van der Waals surface area contributed by atoms with E-state index < -0.39 is 6.10 Å². The minimum atomic E-state index is -0.790. The summed E-state index contributed by atoms with van der Waals surface area (Å²) < 4.78 is 16.9. The summed E-state index contributed by atoms with van der Waals surface area (Å²) in [6, 6.07) is 0. The second-order valence-electron chi connectivity index (χ2n) is 20.6. The molecule has 0 spiro atoms. The standard InChI is InChI=1S/C67H116O6/c1-4-7-10-13-16-19-22-25-27-29-31-32-33-34-36-37-39-42-45-48-51-54-57-60-66(69)72-63-64(62-71-65(68)59-56-53-50-47-44-41-24-21-18-15-12-9-6-3)73-67(70)61-58-55-52-49-46-43-40-38-35-30-28-26-23-20-17-14-11-8-5-2/h8,11,17,20-22,24-26,28-29,31,35,38,64H,4-7,9-10,12-16,18-19,23,27,30,32-34,36-37,39-63H2,1-3H3/b11-8-,20-17-,24-21-,25-22-,28-26-,31-29-,38-35-. The largest absolute Gasteiger partial charge is 0.462 e. The Labute approximate surface area is 452 Å². The molecule has 0 aliphatic heterocycles. The first-order valence-corrected chi connectivity index (χ1v) is 31.1. The Balaban J connectivity index is 4.35. The van der Waals surface area contributed by atoms with Gasteiger partial charge < -0.3 is 14.2 Å². The zero-order valence-electron chi connectivity index (χ0n) is 48.1. The maximum atomic E-state index is 12.9. The molecule has 0 aliphatic carbocycles. The lowest BCUT2D eigenvalue weighted by Crippen LogP contribution is -2.30. The summed E-state index contributed by atoms with van der Waals surface area (Å²) in [4.78, 5) is 38.3. The lowest BCUT2D eigenvalue weighted by Gasteiger charge is -2.18. The molecule has 73 heavy (non-hydrogen) atoms. The number of carbonyl (C=O) groups excluding carboxylic acids is 3. The number of carbonyl (C=O) groups is 3. The molecule has 420 valence electrons. The minimum Gasteiger partial charge on any atom is -0.462 e. The topological polar surface area (TPSA) is 78.9 Å². The van der Waals surface area contributed by atoms with Gasteiger partial charge in [0.15, 0.2) is 6.10 Å². The second-order valence-corrected chi connectivity index (χ2v) is 20.6. The number of ether oxygens (including phenoxy) is 3. The number of hydrogen-bond acceptors (Lipinski definition) is 6. The van der Waals surface area contributed by atoms with E-state index in [2.05, 4.69) is 106 Å². The van der Waals surface area contributed by atoms with Gasteiger partial charge in [0.05, 0.1) is 0 Å². The summed E-state index contributed by atoms with van der Waals surface area (Å²) in [5.74, 6) is -0.901. The maximum absolute atomic E-state index is 12.9. The van der Waals surface area contributed by atoms with Gasteiger partial charge in [-0.15, -0.1) is 0 Å². The number of allylic oxidation sites excluding steroid dienone is 14. The molecule has 1 atom stereocenters. The van der Waals surface area contributed by atoms with Crippen molar-refractivity contribution in [1.82, 2.24) is 0 Å². The highest BCUT2D eigenvalue weighted by atomic mass is 16.6. The van der Waals surface area contributed by atoms with E-state index in [4.69, 9.17) is 14.2 Å². The molecule has 0 aromatic carbocycles. The predicted octanol–water partition coefficient (Wildman–Crippen LogP) is 21.1. The van der Waals surface area contributed by atoms with Crippen molar-refractivity contribution < 1.29 is 28.6 Å². The third kappa shape index (κ3) is 59.3. The van der Waals surface area contributed by atoms with E-state index in [-0.39, 0.29) is 31.1 Å². The van der Waals surface area contributed by atoms with Gasteiger partial charge in [-0.3, -0.25) is 14.4 Å². The summed E-state index contributed by atoms with van der Waals surface area (Å²) in [7, 11) is 0. The Kier molecular flexibility index (Phi) is 58.3. The first-order valence-electron chi connectivity index (χ1n) is 31.1. The van der Waals surface area contributed by atoms with Crippen LogP contribution < -0.4 is 0 Å². The molecular formula is C67H116O6. The molecule has 0 bridgehead atoms. The van der Waals surface area contributed by atoms with Crippen molar-refractivity contribution in [3.05, 3.63) is 85.1 Å². The third-order valence-corrected chi connectivity index (χ3v) is 13.4. The quantitative estimate of drug-likeness (QED) is 0.0261. The Bertz CT molecular complexity index is 1400. The smallest absolute Gasteiger partial charge is 0.306 e. The number of unbranched alkanes of at least 4 members (excludes halogenated alkanes) is 31. The van der Waals surface area contributed by atoms with Crippen molar-refractivity contribution in [2.24, 2.45) is 0 Å². The van der Waals surface area contributed by atoms with Gasteiger partial charge in [-0.2, -0.15) is 0 Å². The average molecular weight is 1020 g/mol. The van der Waals surface area contributed by atoms with E-state index in [1.165, 1.54) is 154 Å². The highest BCUT2D eigenvalue weighted by Crippen LogP contribution is 2.16. The van der Waals surface area contributed by atoms with E-state index in [1.54, 1.807) is 0 Å².